The Hall–Kier alpha value is -1.62. The first-order chi connectivity index (χ1) is 9.54. The van der Waals surface area contributed by atoms with Gasteiger partial charge in [0.1, 0.15) is 0 Å². The number of hydrogen-bond acceptors (Lipinski definition) is 3. The Balaban J connectivity index is 2.13. The van der Waals surface area contributed by atoms with Crippen molar-refractivity contribution >= 4 is 50.5 Å². The van der Waals surface area contributed by atoms with Gasteiger partial charge in [-0.3, -0.25) is 9.59 Å². The van der Waals surface area contributed by atoms with E-state index in [4.69, 9.17) is 23.2 Å². The lowest BCUT2D eigenvalue weighted by atomic mass is 10.0. The van der Waals surface area contributed by atoms with Crippen LogP contribution in [-0.4, -0.2) is 10.8 Å². The fourth-order valence-corrected chi connectivity index (χ4v) is 3.03. The Morgan fingerprint density at radius 2 is 1.80 bits per heavy atom. The molecule has 0 aliphatic rings. The average Bonchev–Trinajstić information content (AvgIpc) is 2.77. The fraction of sp³-hybridized carbons (Fsp3) is 0. The number of halogens is 2. The molecule has 1 aromatic heterocycles. The standard InChI is InChI=1S/C14H7Cl2NO2S/c15-8-3-1-7(2-4-8)13(18)9-5-12-11(6-10(9)16)17-14(19)20-12/h1-6H,(H,17,19). The van der Waals surface area contributed by atoms with E-state index in [1.54, 1.807) is 36.4 Å². The Bertz CT molecular complexity index is 865. The van der Waals surface area contributed by atoms with Gasteiger partial charge in [0.15, 0.2) is 5.78 Å². The quantitative estimate of drug-likeness (QED) is 0.721. The zero-order chi connectivity index (χ0) is 14.3. The van der Waals surface area contributed by atoms with Crippen molar-refractivity contribution in [3.8, 4) is 0 Å². The summed E-state index contributed by atoms with van der Waals surface area (Å²) >= 11 is 13.0. The molecule has 3 nitrogen and oxygen atoms in total. The summed E-state index contributed by atoms with van der Waals surface area (Å²) in [5, 5.41) is 0.874. The summed E-state index contributed by atoms with van der Waals surface area (Å²) in [5.41, 5.74) is 1.51. The molecule has 0 atom stereocenters. The molecule has 0 saturated heterocycles. The molecular weight excluding hydrogens is 317 g/mol. The van der Waals surface area contributed by atoms with Crippen LogP contribution in [0.1, 0.15) is 15.9 Å². The van der Waals surface area contributed by atoms with Gasteiger partial charge in [-0.2, -0.15) is 0 Å². The van der Waals surface area contributed by atoms with Crippen LogP contribution in [0.2, 0.25) is 10.0 Å². The van der Waals surface area contributed by atoms with Gasteiger partial charge in [0.25, 0.3) is 0 Å². The van der Waals surface area contributed by atoms with Gasteiger partial charge < -0.3 is 4.98 Å². The topological polar surface area (TPSA) is 49.9 Å². The molecule has 0 unspecified atom stereocenters. The third kappa shape index (κ3) is 2.38. The molecule has 0 aliphatic heterocycles. The van der Waals surface area contributed by atoms with Crippen molar-refractivity contribution in [3.63, 3.8) is 0 Å². The molecule has 3 rings (SSSR count). The normalized spacial score (nSPS) is 10.9. The number of H-pyrrole nitrogens is 1. The minimum absolute atomic E-state index is 0.174. The van der Waals surface area contributed by atoms with E-state index >= 15 is 0 Å². The molecule has 100 valence electrons. The summed E-state index contributed by atoms with van der Waals surface area (Å²) in [4.78, 5) is 26.2. The Morgan fingerprint density at radius 3 is 2.50 bits per heavy atom. The molecule has 6 heteroatoms. The number of ketones is 1. The van der Waals surface area contributed by atoms with Crippen molar-refractivity contribution in [2.45, 2.75) is 0 Å². The summed E-state index contributed by atoms with van der Waals surface area (Å²) in [6.45, 7) is 0. The highest BCUT2D eigenvalue weighted by molar-refractivity contribution is 7.16. The maximum Gasteiger partial charge on any atom is 0.305 e. The second-order valence-electron chi connectivity index (χ2n) is 4.18. The van der Waals surface area contributed by atoms with Crippen LogP contribution in [0.4, 0.5) is 0 Å². The molecule has 0 spiro atoms. The predicted octanol–water partition coefficient (Wildman–Crippen LogP) is 4.13. The summed E-state index contributed by atoms with van der Waals surface area (Å²) in [6, 6.07) is 9.82. The number of benzene rings is 2. The van der Waals surface area contributed by atoms with Crippen LogP contribution in [0.15, 0.2) is 41.2 Å². The van der Waals surface area contributed by atoms with Gasteiger partial charge in [-0.25, -0.2) is 0 Å². The van der Waals surface area contributed by atoms with Gasteiger partial charge in [0, 0.05) is 16.1 Å². The number of hydrogen-bond donors (Lipinski definition) is 1. The lowest BCUT2D eigenvalue weighted by Gasteiger charge is -2.04. The average molecular weight is 324 g/mol. The van der Waals surface area contributed by atoms with E-state index in [-0.39, 0.29) is 10.7 Å². The molecule has 0 saturated carbocycles. The minimum atomic E-state index is -0.200. The highest BCUT2D eigenvalue weighted by atomic mass is 35.5. The first kappa shape index (κ1) is 13.4. The molecule has 1 heterocycles. The predicted molar refractivity (Wildman–Crippen MR) is 82.3 cm³/mol. The Kier molecular flexibility index (Phi) is 3.38. The minimum Gasteiger partial charge on any atom is -0.312 e. The molecule has 3 aromatic rings. The highest BCUT2D eigenvalue weighted by Gasteiger charge is 2.15. The monoisotopic (exact) mass is 323 g/mol. The van der Waals surface area contributed by atoms with E-state index in [1.165, 1.54) is 0 Å². The number of fused-ring (bicyclic) bond motifs is 1. The van der Waals surface area contributed by atoms with Gasteiger partial charge in [-0.15, -0.1) is 0 Å². The molecular formula is C14H7Cl2NO2S. The molecule has 2 aromatic carbocycles. The SMILES string of the molecule is O=C(c1ccc(Cl)cc1)c1cc2sc(=O)[nH]c2cc1Cl. The van der Waals surface area contributed by atoms with Crippen molar-refractivity contribution in [2.24, 2.45) is 0 Å². The molecule has 1 N–H and O–H groups in total. The molecule has 0 fully saturated rings. The number of rotatable bonds is 2. The first-order valence-electron chi connectivity index (χ1n) is 5.67. The maximum atomic E-state index is 12.4. The maximum absolute atomic E-state index is 12.4. The number of aromatic nitrogens is 1. The van der Waals surface area contributed by atoms with Crippen LogP contribution in [0.5, 0.6) is 0 Å². The lowest BCUT2D eigenvalue weighted by molar-refractivity contribution is 0.103. The molecule has 20 heavy (non-hydrogen) atoms. The van der Waals surface area contributed by atoms with Gasteiger partial charge in [-0.05, 0) is 36.4 Å². The second-order valence-corrected chi connectivity index (χ2v) is 6.04. The number of carbonyl (C=O) groups is 1. The zero-order valence-corrected chi connectivity index (χ0v) is 12.3. The van der Waals surface area contributed by atoms with Crippen LogP contribution in [0.25, 0.3) is 10.2 Å². The van der Waals surface area contributed by atoms with Crippen molar-refractivity contribution in [1.29, 1.82) is 0 Å². The first-order valence-corrected chi connectivity index (χ1v) is 7.24. The Morgan fingerprint density at radius 1 is 1.10 bits per heavy atom. The van der Waals surface area contributed by atoms with E-state index in [0.717, 1.165) is 11.3 Å². The van der Waals surface area contributed by atoms with Crippen molar-refractivity contribution in [2.75, 3.05) is 0 Å². The summed E-state index contributed by atoms with van der Waals surface area (Å²) in [6.07, 6.45) is 0. The molecule has 0 amide bonds. The highest BCUT2D eigenvalue weighted by Crippen LogP contribution is 2.26. The fourth-order valence-electron chi connectivity index (χ4n) is 1.90. The summed E-state index contributed by atoms with van der Waals surface area (Å²) < 4.78 is 0.705. The van der Waals surface area contributed by atoms with Crippen LogP contribution >= 0.6 is 34.5 Å². The van der Waals surface area contributed by atoms with E-state index in [2.05, 4.69) is 4.98 Å². The third-order valence-electron chi connectivity index (χ3n) is 2.86. The number of nitrogens with one attached hydrogen (secondary N) is 1. The molecule has 0 aliphatic carbocycles. The summed E-state index contributed by atoms with van der Waals surface area (Å²) in [7, 11) is 0. The van der Waals surface area contributed by atoms with Gasteiger partial charge >= 0.3 is 4.87 Å². The number of thiazole rings is 1. The van der Waals surface area contributed by atoms with Crippen molar-refractivity contribution in [3.05, 3.63) is 67.2 Å². The van der Waals surface area contributed by atoms with Crippen LogP contribution in [0, 0.1) is 0 Å². The van der Waals surface area contributed by atoms with E-state index in [0.29, 0.717) is 31.4 Å². The van der Waals surface area contributed by atoms with Gasteiger partial charge in [-0.1, -0.05) is 34.5 Å². The molecule has 0 radical (unpaired) electrons. The van der Waals surface area contributed by atoms with Gasteiger partial charge in [0.05, 0.1) is 15.2 Å². The van der Waals surface area contributed by atoms with E-state index < -0.39 is 0 Å². The van der Waals surface area contributed by atoms with Crippen LogP contribution in [-0.2, 0) is 0 Å². The molecule has 0 bridgehead atoms. The second kappa shape index (κ2) is 5.05. The largest absolute Gasteiger partial charge is 0.312 e. The summed E-state index contributed by atoms with van der Waals surface area (Å²) in [5.74, 6) is -0.200. The number of carbonyl (C=O) groups excluding carboxylic acids is 1. The van der Waals surface area contributed by atoms with Crippen molar-refractivity contribution in [1.82, 2.24) is 4.98 Å². The smallest absolute Gasteiger partial charge is 0.305 e. The van der Waals surface area contributed by atoms with E-state index in [1.807, 2.05) is 0 Å². The zero-order valence-electron chi connectivity index (χ0n) is 9.94. The Labute approximate surface area is 127 Å². The van der Waals surface area contributed by atoms with Crippen LogP contribution in [0.3, 0.4) is 0 Å². The van der Waals surface area contributed by atoms with Crippen molar-refractivity contribution < 1.29 is 4.79 Å². The van der Waals surface area contributed by atoms with Crippen LogP contribution < -0.4 is 4.87 Å². The number of aromatic amines is 1. The van der Waals surface area contributed by atoms with Gasteiger partial charge in [0.2, 0.25) is 0 Å². The lowest BCUT2D eigenvalue weighted by Crippen LogP contribution is -2.01. The van der Waals surface area contributed by atoms with E-state index in [9.17, 15) is 9.59 Å². The third-order valence-corrected chi connectivity index (χ3v) is 4.27.